The number of fused-ring (bicyclic) bond motifs is 1. The molecule has 19 heavy (non-hydrogen) atoms. The van der Waals surface area contributed by atoms with Gasteiger partial charge in [0.05, 0.1) is 0 Å². The van der Waals surface area contributed by atoms with E-state index in [1.54, 1.807) is 0 Å². The van der Waals surface area contributed by atoms with Crippen molar-refractivity contribution in [1.82, 2.24) is 14.5 Å². The Bertz CT molecular complexity index is 601. The summed E-state index contributed by atoms with van der Waals surface area (Å²) in [5.74, 6) is 2.06. The number of nitrogens with zero attached hydrogens (tertiary/aromatic N) is 3. The van der Waals surface area contributed by atoms with Crippen molar-refractivity contribution in [3.8, 4) is 0 Å². The number of nitrogen functional groups attached to an aromatic ring is 1. The lowest BCUT2D eigenvalue weighted by Gasteiger charge is -2.34. The van der Waals surface area contributed by atoms with Crippen LogP contribution in [0.25, 0.3) is 11.2 Å². The number of anilines is 1. The molecule has 3 rings (SSSR count). The Balaban J connectivity index is 2.07. The highest BCUT2D eigenvalue weighted by Crippen LogP contribution is 2.39. The fourth-order valence-corrected chi connectivity index (χ4v) is 3.46. The van der Waals surface area contributed by atoms with Crippen LogP contribution in [0.15, 0.2) is 12.3 Å². The van der Waals surface area contributed by atoms with E-state index in [9.17, 15) is 0 Å². The van der Waals surface area contributed by atoms with E-state index in [-0.39, 0.29) is 0 Å². The molecule has 3 unspecified atom stereocenters. The Morgan fingerprint density at radius 2 is 2.11 bits per heavy atom. The van der Waals surface area contributed by atoms with Gasteiger partial charge in [-0.2, -0.15) is 0 Å². The second kappa shape index (κ2) is 4.51. The number of aryl methyl sites for hydroxylation is 1. The number of hydrogen-bond donors (Lipinski definition) is 1. The van der Waals surface area contributed by atoms with Gasteiger partial charge in [0.1, 0.15) is 5.52 Å². The Morgan fingerprint density at radius 1 is 1.32 bits per heavy atom. The molecule has 1 fully saturated rings. The number of rotatable bonds is 1. The summed E-state index contributed by atoms with van der Waals surface area (Å²) in [4.78, 5) is 9.03. The van der Waals surface area contributed by atoms with Gasteiger partial charge in [0.25, 0.3) is 0 Å². The monoisotopic (exact) mass is 258 g/mol. The molecule has 0 bridgehead atoms. The van der Waals surface area contributed by atoms with Crippen LogP contribution >= 0.6 is 0 Å². The first-order chi connectivity index (χ1) is 9.06. The lowest BCUT2D eigenvalue weighted by Crippen LogP contribution is -2.25. The maximum Gasteiger partial charge on any atom is 0.202 e. The molecule has 0 aliphatic heterocycles. The number of pyridine rings is 1. The Kier molecular flexibility index (Phi) is 2.96. The molecule has 102 valence electrons. The van der Waals surface area contributed by atoms with Gasteiger partial charge in [-0.3, -0.25) is 4.57 Å². The van der Waals surface area contributed by atoms with Gasteiger partial charge in [0.15, 0.2) is 5.65 Å². The van der Waals surface area contributed by atoms with Crippen molar-refractivity contribution in [1.29, 1.82) is 0 Å². The van der Waals surface area contributed by atoms with Crippen molar-refractivity contribution in [2.45, 2.75) is 46.1 Å². The highest BCUT2D eigenvalue weighted by Gasteiger charge is 2.29. The SMILES string of the molecule is Cc1cnc2c(c1)nc(N)n2C1CCC(C)CC1C. The van der Waals surface area contributed by atoms with Crippen LogP contribution in [0.4, 0.5) is 5.95 Å². The summed E-state index contributed by atoms with van der Waals surface area (Å²) < 4.78 is 2.16. The van der Waals surface area contributed by atoms with Gasteiger partial charge in [0, 0.05) is 12.2 Å². The van der Waals surface area contributed by atoms with Crippen LogP contribution in [0.2, 0.25) is 0 Å². The van der Waals surface area contributed by atoms with Crippen LogP contribution in [0.1, 0.15) is 44.7 Å². The molecule has 0 aromatic carbocycles. The summed E-state index contributed by atoms with van der Waals surface area (Å²) in [6.45, 7) is 6.69. The topological polar surface area (TPSA) is 56.7 Å². The molecular weight excluding hydrogens is 236 g/mol. The standard InChI is InChI=1S/C15H22N4/c1-9-4-5-13(11(3)6-9)19-14-12(18-15(19)16)7-10(2)8-17-14/h7-9,11,13H,4-6H2,1-3H3,(H2,16,18). The van der Waals surface area contributed by atoms with Crippen LogP contribution < -0.4 is 5.73 Å². The fourth-order valence-electron chi connectivity index (χ4n) is 3.46. The van der Waals surface area contributed by atoms with E-state index in [0.29, 0.717) is 17.9 Å². The lowest BCUT2D eigenvalue weighted by molar-refractivity contribution is 0.212. The Morgan fingerprint density at radius 3 is 2.84 bits per heavy atom. The van der Waals surface area contributed by atoms with Crippen LogP contribution in [0, 0.1) is 18.8 Å². The lowest BCUT2D eigenvalue weighted by atomic mass is 9.80. The zero-order valence-corrected chi connectivity index (χ0v) is 11.9. The zero-order valence-electron chi connectivity index (χ0n) is 11.9. The molecule has 1 saturated carbocycles. The Labute approximate surface area is 114 Å². The van der Waals surface area contributed by atoms with E-state index in [1.165, 1.54) is 19.3 Å². The van der Waals surface area contributed by atoms with Crippen molar-refractivity contribution >= 4 is 17.1 Å². The van der Waals surface area contributed by atoms with Crippen LogP contribution in [-0.2, 0) is 0 Å². The molecule has 0 amide bonds. The molecule has 2 aromatic rings. The summed E-state index contributed by atoms with van der Waals surface area (Å²) in [7, 11) is 0. The van der Waals surface area contributed by atoms with Gasteiger partial charge < -0.3 is 5.73 Å². The largest absolute Gasteiger partial charge is 0.369 e. The molecule has 1 aliphatic carbocycles. The van der Waals surface area contributed by atoms with Crippen LogP contribution in [-0.4, -0.2) is 14.5 Å². The van der Waals surface area contributed by atoms with Crippen molar-refractivity contribution in [3.05, 3.63) is 17.8 Å². The predicted molar refractivity (Wildman–Crippen MR) is 77.9 cm³/mol. The molecule has 0 saturated heterocycles. The van der Waals surface area contributed by atoms with Gasteiger partial charge in [-0.05, 0) is 49.7 Å². The molecule has 2 heterocycles. The minimum atomic E-state index is 0.441. The number of hydrogen-bond acceptors (Lipinski definition) is 3. The predicted octanol–water partition coefficient (Wildman–Crippen LogP) is 3.32. The number of aromatic nitrogens is 3. The molecule has 0 radical (unpaired) electrons. The quantitative estimate of drug-likeness (QED) is 0.853. The van der Waals surface area contributed by atoms with Gasteiger partial charge in [-0.1, -0.05) is 13.8 Å². The molecule has 2 aromatic heterocycles. The first-order valence-corrected chi connectivity index (χ1v) is 7.16. The van der Waals surface area contributed by atoms with Crippen molar-refractivity contribution in [2.24, 2.45) is 11.8 Å². The molecule has 0 spiro atoms. The summed E-state index contributed by atoms with van der Waals surface area (Å²) >= 11 is 0. The molecule has 4 nitrogen and oxygen atoms in total. The molecule has 1 aliphatic rings. The Hall–Kier alpha value is -1.58. The number of imidazole rings is 1. The first kappa shape index (κ1) is 12.5. The minimum absolute atomic E-state index is 0.441. The highest BCUT2D eigenvalue weighted by atomic mass is 15.2. The number of nitrogens with two attached hydrogens (primary N) is 1. The third-order valence-corrected chi connectivity index (χ3v) is 4.41. The van der Waals surface area contributed by atoms with Crippen molar-refractivity contribution in [2.75, 3.05) is 5.73 Å². The molecule has 4 heteroatoms. The second-order valence-corrected chi connectivity index (χ2v) is 6.16. The summed E-state index contributed by atoms with van der Waals surface area (Å²) in [5.41, 5.74) is 9.13. The van der Waals surface area contributed by atoms with Crippen LogP contribution in [0.5, 0.6) is 0 Å². The van der Waals surface area contributed by atoms with Gasteiger partial charge in [0.2, 0.25) is 5.95 Å². The third-order valence-electron chi connectivity index (χ3n) is 4.41. The summed E-state index contributed by atoms with van der Waals surface area (Å²) in [6, 6.07) is 2.50. The normalized spacial score (nSPS) is 27.8. The highest BCUT2D eigenvalue weighted by molar-refractivity contribution is 5.74. The average Bonchev–Trinajstić information content (AvgIpc) is 2.65. The average molecular weight is 258 g/mol. The van der Waals surface area contributed by atoms with Gasteiger partial charge in [-0.25, -0.2) is 9.97 Å². The maximum absolute atomic E-state index is 6.14. The van der Waals surface area contributed by atoms with E-state index in [2.05, 4.69) is 34.4 Å². The minimum Gasteiger partial charge on any atom is -0.369 e. The van der Waals surface area contributed by atoms with E-state index in [1.807, 2.05) is 13.1 Å². The second-order valence-electron chi connectivity index (χ2n) is 6.16. The maximum atomic E-state index is 6.14. The molecular formula is C15H22N4. The smallest absolute Gasteiger partial charge is 0.202 e. The van der Waals surface area contributed by atoms with Crippen LogP contribution in [0.3, 0.4) is 0 Å². The summed E-state index contributed by atoms with van der Waals surface area (Å²) in [6.07, 6.45) is 5.60. The van der Waals surface area contributed by atoms with Gasteiger partial charge in [-0.15, -0.1) is 0 Å². The molecule has 3 atom stereocenters. The zero-order chi connectivity index (χ0) is 13.6. The third kappa shape index (κ3) is 2.09. The van der Waals surface area contributed by atoms with E-state index in [0.717, 1.165) is 22.6 Å². The molecule has 2 N–H and O–H groups in total. The van der Waals surface area contributed by atoms with Crippen molar-refractivity contribution < 1.29 is 0 Å². The van der Waals surface area contributed by atoms with Gasteiger partial charge >= 0.3 is 0 Å². The van der Waals surface area contributed by atoms with E-state index < -0.39 is 0 Å². The van der Waals surface area contributed by atoms with E-state index >= 15 is 0 Å². The summed E-state index contributed by atoms with van der Waals surface area (Å²) in [5, 5.41) is 0. The fraction of sp³-hybridized carbons (Fsp3) is 0.600. The first-order valence-electron chi connectivity index (χ1n) is 7.16. The van der Waals surface area contributed by atoms with E-state index in [4.69, 9.17) is 5.73 Å². The van der Waals surface area contributed by atoms with Crippen molar-refractivity contribution in [3.63, 3.8) is 0 Å².